The average Bonchev–Trinajstić information content (AvgIpc) is 2.00. The third-order valence-corrected chi connectivity index (χ3v) is 2.42. The van der Waals surface area contributed by atoms with Crippen molar-refractivity contribution in [3.63, 3.8) is 0 Å². The van der Waals surface area contributed by atoms with Crippen molar-refractivity contribution in [1.29, 1.82) is 0 Å². The summed E-state index contributed by atoms with van der Waals surface area (Å²) in [4.78, 5) is 3.70. The van der Waals surface area contributed by atoms with E-state index in [9.17, 15) is 9.50 Å². The molecular weight excluding hydrogens is 157 g/mol. The number of nitrogens with zero attached hydrogens (tertiary/aromatic N) is 1. The molecular formula is C9H10FNO. The van der Waals surface area contributed by atoms with Crippen LogP contribution in [-0.2, 0) is 5.60 Å². The van der Waals surface area contributed by atoms with Crippen molar-refractivity contribution in [1.82, 2.24) is 4.98 Å². The van der Waals surface area contributed by atoms with Gasteiger partial charge in [0.1, 0.15) is 5.82 Å². The van der Waals surface area contributed by atoms with Gasteiger partial charge in [-0.1, -0.05) is 0 Å². The number of pyridine rings is 1. The second-order valence-corrected chi connectivity index (χ2v) is 3.28. The van der Waals surface area contributed by atoms with Gasteiger partial charge >= 0.3 is 0 Å². The van der Waals surface area contributed by atoms with Crippen LogP contribution in [0.3, 0.4) is 0 Å². The fourth-order valence-corrected chi connectivity index (χ4v) is 1.47. The van der Waals surface area contributed by atoms with E-state index in [0.29, 0.717) is 5.56 Å². The minimum atomic E-state index is -0.797. The standard InChI is InChI=1S/C9H10FNO/c10-8-4-7(5-11-6-8)9(12)2-1-3-9/h4-6,12H,1-3H2. The highest BCUT2D eigenvalue weighted by molar-refractivity contribution is 5.21. The van der Waals surface area contributed by atoms with Gasteiger partial charge in [0.2, 0.25) is 0 Å². The molecule has 0 aromatic carbocycles. The second-order valence-electron chi connectivity index (χ2n) is 3.28. The number of aromatic nitrogens is 1. The zero-order valence-corrected chi connectivity index (χ0v) is 6.63. The van der Waals surface area contributed by atoms with Crippen molar-refractivity contribution in [2.75, 3.05) is 0 Å². The van der Waals surface area contributed by atoms with Gasteiger partial charge in [0, 0.05) is 11.8 Å². The lowest BCUT2D eigenvalue weighted by atomic mass is 9.76. The van der Waals surface area contributed by atoms with Gasteiger partial charge in [0.05, 0.1) is 11.8 Å². The molecule has 1 fully saturated rings. The lowest BCUT2D eigenvalue weighted by Gasteiger charge is -2.36. The van der Waals surface area contributed by atoms with Crippen LogP contribution in [0.5, 0.6) is 0 Å². The maximum Gasteiger partial charge on any atom is 0.141 e. The molecule has 0 saturated heterocycles. The van der Waals surface area contributed by atoms with Gasteiger partial charge in [-0.3, -0.25) is 4.98 Å². The molecule has 0 amide bonds. The largest absolute Gasteiger partial charge is 0.385 e. The monoisotopic (exact) mass is 167 g/mol. The van der Waals surface area contributed by atoms with Crippen molar-refractivity contribution in [3.05, 3.63) is 29.8 Å². The Balaban J connectivity index is 2.33. The fourth-order valence-electron chi connectivity index (χ4n) is 1.47. The van der Waals surface area contributed by atoms with Gasteiger partial charge in [0.25, 0.3) is 0 Å². The quantitative estimate of drug-likeness (QED) is 0.689. The van der Waals surface area contributed by atoms with Crippen LogP contribution in [0.15, 0.2) is 18.5 Å². The predicted molar refractivity (Wildman–Crippen MR) is 41.9 cm³/mol. The predicted octanol–water partition coefficient (Wildman–Crippen LogP) is 1.59. The molecule has 1 aliphatic carbocycles. The zero-order valence-electron chi connectivity index (χ0n) is 6.63. The molecule has 1 saturated carbocycles. The lowest BCUT2D eigenvalue weighted by molar-refractivity contribution is -0.0393. The van der Waals surface area contributed by atoms with E-state index in [4.69, 9.17) is 0 Å². The topological polar surface area (TPSA) is 33.1 Å². The number of halogens is 1. The minimum Gasteiger partial charge on any atom is -0.385 e. The zero-order chi connectivity index (χ0) is 8.60. The Labute approximate surface area is 70.1 Å². The highest BCUT2D eigenvalue weighted by Crippen LogP contribution is 2.40. The molecule has 0 aliphatic heterocycles. The number of aliphatic hydroxyl groups is 1. The van der Waals surface area contributed by atoms with Gasteiger partial charge in [-0.15, -0.1) is 0 Å². The summed E-state index contributed by atoms with van der Waals surface area (Å²) < 4.78 is 12.7. The van der Waals surface area contributed by atoms with Crippen LogP contribution in [0, 0.1) is 5.82 Å². The van der Waals surface area contributed by atoms with E-state index in [1.807, 2.05) is 0 Å². The molecule has 1 aromatic heterocycles. The SMILES string of the molecule is OC1(c2cncc(F)c2)CCC1. The van der Waals surface area contributed by atoms with Crippen molar-refractivity contribution >= 4 is 0 Å². The Hall–Kier alpha value is -0.960. The molecule has 0 spiro atoms. The summed E-state index contributed by atoms with van der Waals surface area (Å²) in [5, 5.41) is 9.80. The average molecular weight is 167 g/mol. The van der Waals surface area contributed by atoms with Crippen LogP contribution in [0.2, 0.25) is 0 Å². The Bertz CT molecular complexity index is 296. The van der Waals surface area contributed by atoms with Crippen LogP contribution in [-0.4, -0.2) is 10.1 Å². The second kappa shape index (κ2) is 2.52. The Morgan fingerprint density at radius 3 is 2.67 bits per heavy atom. The van der Waals surface area contributed by atoms with E-state index < -0.39 is 5.60 Å². The van der Waals surface area contributed by atoms with E-state index in [1.165, 1.54) is 12.3 Å². The summed E-state index contributed by atoms with van der Waals surface area (Å²) in [7, 11) is 0. The first-order valence-corrected chi connectivity index (χ1v) is 4.04. The van der Waals surface area contributed by atoms with E-state index in [-0.39, 0.29) is 5.82 Å². The van der Waals surface area contributed by atoms with E-state index in [2.05, 4.69) is 4.98 Å². The summed E-state index contributed by atoms with van der Waals surface area (Å²) >= 11 is 0. The lowest BCUT2D eigenvalue weighted by Crippen LogP contribution is -2.33. The minimum absolute atomic E-state index is 0.382. The molecule has 0 radical (unpaired) electrons. The molecule has 1 aromatic rings. The first kappa shape index (κ1) is 7.68. The first-order valence-electron chi connectivity index (χ1n) is 4.04. The number of hydrogen-bond acceptors (Lipinski definition) is 2. The molecule has 1 heterocycles. The highest BCUT2D eigenvalue weighted by Gasteiger charge is 2.36. The Kier molecular flexibility index (Phi) is 1.61. The fraction of sp³-hybridized carbons (Fsp3) is 0.444. The first-order chi connectivity index (χ1) is 5.71. The van der Waals surface area contributed by atoms with Crippen molar-refractivity contribution in [2.24, 2.45) is 0 Å². The molecule has 3 heteroatoms. The molecule has 0 bridgehead atoms. The van der Waals surface area contributed by atoms with Crippen molar-refractivity contribution in [2.45, 2.75) is 24.9 Å². The molecule has 1 N–H and O–H groups in total. The van der Waals surface area contributed by atoms with Gasteiger partial charge in [-0.05, 0) is 25.3 Å². The van der Waals surface area contributed by atoms with Crippen molar-refractivity contribution in [3.8, 4) is 0 Å². The van der Waals surface area contributed by atoms with Crippen LogP contribution >= 0.6 is 0 Å². The van der Waals surface area contributed by atoms with E-state index in [0.717, 1.165) is 25.5 Å². The Morgan fingerprint density at radius 2 is 2.17 bits per heavy atom. The normalized spacial score (nSPS) is 20.2. The summed E-state index contributed by atoms with van der Waals surface area (Å²) in [5.74, 6) is -0.382. The van der Waals surface area contributed by atoms with Gasteiger partial charge in [-0.25, -0.2) is 4.39 Å². The number of hydrogen-bond donors (Lipinski definition) is 1. The summed E-state index contributed by atoms with van der Waals surface area (Å²) in [6, 6.07) is 1.35. The van der Waals surface area contributed by atoms with E-state index >= 15 is 0 Å². The molecule has 2 nitrogen and oxygen atoms in total. The van der Waals surface area contributed by atoms with Crippen molar-refractivity contribution < 1.29 is 9.50 Å². The van der Waals surface area contributed by atoms with Gasteiger partial charge in [-0.2, -0.15) is 0 Å². The molecule has 64 valence electrons. The third-order valence-electron chi connectivity index (χ3n) is 2.42. The van der Waals surface area contributed by atoms with Crippen LogP contribution < -0.4 is 0 Å². The van der Waals surface area contributed by atoms with Crippen LogP contribution in [0.1, 0.15) is 24.8 Å². The maximum absolute atomic E-state index is 12.7. The maximum atomic E-state index is 12.7. The molecule has 0 unspecified atom stereocenters. The molecule has 2 rings (SSSR count). The van der Waals surface area contributed by atoms with Crippen LogP contribution in [0.4, 0.5) is 4.39 Å². The summed E-state index contributed by atoms with van der Waals surface area (Å²) in [6.45, 7) is 0. The third kappa shape index (κ3) is 1.10. The molecule has 0 atom stereocenters. The molecule has 12 heavy (non-hydrogen) atoms. The summed E-state index contributed by atoms with van der Waals surface area (Å²) in [5.41, 5.74) is -0.191. The van der Waals surface area contributed by atoms with Crippen LogP contribution in [0.25, 0.3) is 0 Å². The van der Waals surface area contributed by atoms with Gasteiger partial charge < -0.3 is 5.11 Å². The Morgan fingerprint density at radius 1 is 1.42 bits per heavy atom. The smallest absolute Gasteiger partial charge is 0.141 e. The highest BCUT2D eigenvalue weighted by atomic mass is 19.1. The van der Waals surface area contributed by atoms with E-state index in [1.54, 1.807) is 0 Å². The molecule has 1 aliphatic rings. The summed E-state index contributed by atoms with van der Waals surface area (Å²) in [6.07, 6.45) is 5.12. The van der Waals surface area contributed by atoms with Gasteiger partial charge in [0.15, 0.2) is 0 Å². The number of rotatable bonds is 1.